The van der Waals surface area contributed by atoms with Crippen molar-refractivity contribution >= 4 is 16.3 Å². The summed E-state index contributed by atoms with van der Waals surface area (Å²) in [5.74, 6) is 2.69. The predicted octanol–water partition coefficient (Wildman–Crippen LogP) is 8.23. The quantitative estimate of drug-likeness (QED) is 0.153. The van der Waals surface area contributed by atoms with Crippen LogP contribution in [0.1, 0.15) is 54.9 Å². The molecule has 0 unspecified atom stereocenters. The van der Waals surface area contributed by atoms with Crippen LogP contribution in [0, 0.1) is 0 Å². The Morgan fingerprint density at radius 2 is 0.905 bits per heavy atom. The lowest BCUT2D eigenvalue weighted by Gasteiger charge is -2.42. The fourth-order valence-electron chi connectivity index (χ4n) is 4.50. The molecular formula is C33H44O8S. The largest absolute Gasteiger partial charge is 0.494 e. The van der Waals surface area contributed by atoms with Gasteiger partial charge in [-0.3, -0.25) is 4.79 Å². The van der Waals surface area contributed by atoms with E-state index in [1.165, 1.54) is 0 Å². The molecule has 0 heterocycles. The minimum Gasteiger partial charge on any atom is -0.494 e. The van der Waals surface area contributed by atoms with E-state index in [-0.39, 0.29) is 6.42 Å². The monoisotopic (exact) mass is 600 g/mol. The van der Waals surface area contributed by atoms with Gasteiger partial charge in [0.2, 0.25) is 0 Å². The summed E-state index contributed by atoms with van der Waals surface area (Å²) in [6, 6.07) is 16.9. The highest BCUT2D eigenvalue weighted by molar-refractivity contribution is 8.30. The molecule has 0 saturated carbocycles. The van der Waals surface area contributed by atoms with Crippen LogP contribution < -0.4 is 28.4 Å². The van der Waals surface area contributed by atoms with Gasteiger partial charge in [0.15, 0.2) is 0 Å². The molecule has 0 amide bonds. The Bertz CT molecular complexity index is 1170. The molecule has 0 bridgehead atoms. The van der Waals surface area contributed by atoms with Crippen LogP contribution in [0.15, 0.2) is 69.3 Å². The molecule has 0 aliphatic rings. The molecule has 0 aliphatic heterocycles. The average molecular weight is 601 g/mol. The summed E-state index contributed by atoms with van der Waals surface area (Å²) in [6.45, 7) is 15.6. The van der Waals surface area contributed by atoms with E-state index >= 15 is 0 Å². The Hall–Kier alpha value is -3.72. The summed E-state index contributed by atoms with van der Waals surface area (Å²) in [4.78, 5) is 15.4. The molecule has 9 heteroatoms. The highest BCUT2D eigenvalue weighted by atomic mass is 32.3. The molecule has 3 rings (SSSR count). The molecule has 8 nitrogen and oxygen atoms in total. The molecule has 0 radical (unpaired) electrons. The van der Waals surface area contributed by atoms with Crippen LogP contribution in [-0.4, -0.2) is 45.6 Å². The Morgan fingerprint density at radius 1 is 0.548 bits per heavy atom. The summed E-state index contributed by atoms with van der Waals surface area (Å²) < 4.78 is 43.7. The Kier molecular flexibility index (Phi) is 12.5. The topological polar surface area (TPSA) is 81.7 Å². The molecule has 230 valence electrons. The lowest BCUT2D eigenvalue weighted by atomic mass is 10.3. The first kappa shape index (κ1) is 32.8. The highest BCUT2D eigenvalue weighted by Gasteiger charge is 2.45. The van der Waals surface area contributed by atoms with E-state index < -0.39 is 16.3 Å². The van der Waals surface area contributed by atoms with Gasteiger partial charge in [-0.25, -0.2) is 0 Å². The molecule has 3 aromatic rings. The van der Waals surface area contributed by atoms with Crippen LogP contribution in [0.3, 0.4) is 0 Å². The minimum absolute atomic E-state index is 0.150. The van der Waals surface area contributed by atoms with Crippen molar-refractivity contribution < 1.29 is 37.4 Å². The van der Waals surface area contributed by atoms with Crippen molar-refractivity contribution in [3.05, 3.63) is 54.6 Å². The third kappa shape index (κ3) is 7.18. The second kappa shape index (κ2) is 16.1. The zero-order chi connectivity index (χ0) is 30.5. The molecule has 0 spiro atoms. The van der Waals surface area contributed by atoms with Crippen LogP contribution in [0.4, 0.5) is 0 Å². The lowest BCUT2D eigenvalue weighted by Crippen LogP contribution is -2.18. The zero-order valence-corrected chi connectivity index (χ0v) is 26.6. The van der Waals surface area contributed by atoms with Gasteiger partial charge in [0.05, 0.1) is 39.6 Å². The SMILES string of the molecule is CCOc1cc(OCC)c(S(OC(=O)CC)(c2ccccc2)c2c(OCC)cc(OCC)cc2OCC)c(OCC)c1. The van der Waals surface area contributed by atoms with Gasteiger partial charge < -0.3 is 32.6 Å². The van der Waals surface area contributed by atoms with Crippen LogP contribution in [0.2, 0.25) is 0 Å². The van der Waals surface area contributed by atoms with Gasteiger partial charge >= 0.3 is 5.97 Å². The van der Waals surface area contributed by atoms with E-state index in [4.69, 9.17) is 32.6 Å². The molecule has 0 aliphatic carbocycles. The lowest BCUT2D eigenvalue weighted by molar-refractivity contribution is -0.133. The first-order chi connectivity index (χ1) is 20.4. The van der Waals surface area contributed by atoms with E-state index in [2.05, 4.69) is 0 Å². The maximum atomic E-state index is 13.5. The van der Waals surface area contributed by atoms with Crippen molar-refractivity contribution in [1.82, 2.24) is 0 Å². The third-order valence-corrected chi connectivity index (χ3v) is 9.29. The van der Waals surface area contributed by atoms with Gasteiger partial charge in [0, 0.05) is 45.9 Å². The Labute approximate surface area is 251 Å². The predicted molar refractivity (Wildman–Crippen MR) is 165 cm³/mol. The van der Waals surface area contributed by atoms with Gasteiger partial charge in [-0.2, -0.15) is 0 Å². The first-order valence-electron chi connectivity index (χ1n) is 14.7. The second-order valence-electron chi connectivity index (χ2n) is 8.77. The van der Waals surface area contributed by atoms with Gasteiger partial charge in [-0.05, 0) is 53.7 Å². The van der Waals surface area contributed by atoms with Gasteiger partial charge in [0.1, 0.15) is 44.3 Å². The standard InChI is InChI=1S/C33H44O8S/c1-8-31(34)41-42(26-18-16-15-17-19-26,32-27(37-11-4)20-24(35-9-2)21-28(32)38-12-5)33-29(39-13-6)22-25(36-10-3)23-30(33)40-14-7/h15-23H,8-14H2,1-7H3. The van der Waals surface area contributed by atoms with Gasteiger partial charge in [-0.1, -0.05) is 25.1 Å². The maximum Gasteiger partial charge on any atom is 0.316 e. The fourth-order valence-corrected chi connectivity index (χ4v) is 7.98. The number of hydrogen-bond donors (Lipinski definition) is 0. The zero-order valence-electron chi connectivity index (χ0n) is 25.8. The van der Waals surface area contributed by atoms with E-state index in [1.807, 2.05) is 96.1 Å². The normalized spacial score (nSPS) is 11.4. The van der Waals surface area contributed by atoms with Crippen molar-refractivity contribution in [2.45, 2.75) is 69.6 Å². The van der Waals surface area contributed by atoms with Crippen molar-refractivity contribution in [1.29, 1.82) is 0 Å². The van der Waals surface area contributed by atoms with Crippen molar-refractivity contribution in [3.8, 4) is 34.5 Å². The van der Waals surface area contributed by atoms with Crippen molar-refractivity contribution in [3.63, 3.8) is 0 Å². The summed E-state index contributed by atoms with van der Waals surface area (Å²) in [6.07, 6.45) is 0.150. The van der Waals surface area contributed by atoms with Crippen molar-refractivity contribution in [2.24, 2.45) is 0 Å². The second-order valence-corrected chi connectivity index (χ2v) is 11.3. The van der Waals surface area contributed by atoms with Crippen LogP contribution in [0.25, 0.3) is 0 Å². The van der Waals surface area contributed by atoms with Crippen LogP contribution in [0.5, 0.6) is 34.5 Å². The Morgan fingerprint density at radius 3 is 1.21 bits per heavy atom. The molecule has 0 aromatic heterocycles. The van der Waals surface area contributed by atoms with Crippen molar-refractivity contribution in [2.75, 3.05) is 39.6 Å². The molecule has 0 saturated heterocycles. The number of rotatable bonds is 17. The molecule has 42 heavy (non-hydrogen) atoms. The Balaban J connectivity index is 2.67. The average Bonchev–Trinajstić information content (AvgIpc) is 2.98. The highest BCUT2D eigenvalue weighted by Crippen LogP contribution is 2.77. The van der Waals surface area contributed by atoms with E-state index in [0.29, 0.717) is 83.9 Å². The van der Waals surface area contributed by atoms with E-state index in [0.717, 1.165) is 4.90 Å². The molecule has 0 N–H and O–H groups in total. The summed E-state index contributed by atoms with van der Waals surface area (Å²) >= 11 is 0. The summed E-state index contributed by atoms with van der Waals surface area (Å²) in [7, 11) is -2.98. The third-order valence-electron chi connectivity index (χ3n) is 5.97. The summed E-state index contributed by atoms with van der Waals surface area (Å²) in [5.41, 5.74) is 0. The minimum atomic E-state index is -2.98. The number of benzene rings is 3. The van der Waals surface area contributed by atoms with Crippen LogP contribution >= 0.6 is 10.3 Å². The van der Waals surface area contributed by atoms with Gasteiger partial charge in [-0.15, -0.1) is 0 Å². The first-order valence-corrected chi connectivity index (χ1v) is 16.2. The molecule has 0 fully saturated rings. The van der Waals surface area contributed by atoms with E-state index in [9.17, 15) is 4.79 Å². The van der Waals surface area contributed by atoms with Crippen LogP contribution in [-0.2, 0) is 8.98 Å². The van der Waals surface area contributed by atoms with E-state index in [1.54, 1.807) is 6.92 Å². The smallest absolute Gasteiger partial charge is 0.316 e. The molecule has 0 atom stereocenters. The number of hydrogen-bond acceptors (Lipinski definition) is 8. The molecule has 3 aromatic carbocycles. The number of ether oxygens (including phenoxy) is 6. The fraction of sp³-hybridized carbons (Fsp3) is 0.424. The summed E-state index contributed by atoms with van der Waals surface area (Å²) in [5, 5.41) is 0. The number of carbonyl (C=O) groups is 1. The molecular weight excluding hydrogens is 556 g/mol. The van der Waals surface area contributed by atoms with Gasteiger partial charge in [0.25, 0.3) is 0 Å². The number of carbonyl (C=O) groups excluding carboxylic acids is 1. The maximum absolute atomic E-state index is 13.5.